The van der Waals surface area contributed by atoms with E-state index in [1.54, 1.807) is 0 Å². The number of aryl methyl sites for hydroxylation is 1. The Labute approximate surface area is 168 Å². The van der Waals surface area contributed by atoms with Crippen molar-refractivity contribution >= 4 is 43.2 Å². The zero-order chi connectivity index (χ0) is 20.1. The van der Waals surface area contributed by atoms with Gasteiger partial charge in [-0.1, -0.05) is 42.7 Å². The Kier molecular flexibility index (Phi) is 6.66. The second-order valence-electron chi connectivity index (χ2n) is 7.04. The van der Waals surface area contributed by atoms with Crippen LogP contribution in [0.5, 0.6) is 0 Å². The normalized spacial score (nSPS) is 16.4. The van der Waals surface area contributed by atoms with E-state index in [1.807, 2.05) is 35.8 Å². The molecule has 2 amide bonds. The Morgan fingerprint density at radius 3 is 2.61 bits per heavy atom. The summed E-state index contributed by atoms with van der Waals surface area (Å²) in [6, 6.07) is 7.72. The van der Waals surface area contributed by atoms with Gasteiger partial charge in [0.25, 0.3) is 5.91 Å². The van der Waals surface area contributed by atoms with E-state index < -0.39 is 33.2 Å². The summed E-state index contributed by atoms with van der Waals surface area (Å²) in [7, 11) is -3.86. The van der Waals surface area contributed by atoms with Crippen LogP contribution < -0.4 is 10.1 Å². The minimum atomic E-state index is -3.86. The predicted octanol–water partition coefficient (Wildman–Crippen LogP) is 2.01. The van der Waals surface area contributed by atoms with Crippen LogP contribution in [0.2, 0.25) is 0 Å². The molecule has 0 bridgehead atoms. The maximum Gasteiger partial charge on any atom is 0.263 e. The van der Waals surface area contributed by atoms with Crippen LogP contribution >= 0.6 is 11.3 Å². The third kappa shape index (κ3) is 5.29. The summed E-state index contributed by atoms with van der Waals surface area (Å²) in [5, 5.41) is 2.77. The lowest BCUT2D eigenvalue weighted by molar-refractivity contribution is -0.119. The molecule has 1 aromatic heterocycles. The van der Waals surface area contributed by atoms with Gasteiger partial charge in [0.05, 0.1) is 10.2 Å². The molecule has 9 heteroatoms. The molecule has 7 nitrogen and oxygen atoms in total. The topological polar surface area (TPSA) is 97.6 Å². The van der Waals surface area contributed by atoms with Crippen LogP contribution in [0.25, 0.3) is 10.2 Å². The molecule has 152 valence electrons. The average molecular weight is 424 g/mol. The molecule has 3 rings (SSSR count). The van der Waals surface area contributed by atoms with E-state index in [-0.39, 0.29) is 6.04 Å². The van der Waals surface area contributed by atoms with Gasteiger partial charge < -0.3 is 9.88 Å². The number of aromatic nitrogens is 1. The van der Waals surface area contributed by atoms with E-state index in [0.717, 1.165) is 42.3 Å². The standard InChI is InChI=1S/C19H25N3O4S2/c1-2-22-15-10-6-7-11-16(15)27-19(22)21-18(24)13-28(25,26)12-17(23)20-14-8-4-3-5-9-14/h6-7,10-11,14H,2-5,8-9,12-13H2,1H3,(H,20,23). The monoisotopic (exact) mass is 423 g/mol. The molecule has 1 saturated carbocycles. The second-order valence-corrected chi connectivity index (χ2v) is 10.1. The van der Waals surface area contributed by atoms with Gasteiger partial charge in [-0.2, -0.15) is 4.99 Å². The number of nitrogens with one attached hydrogen (secondary N) is 1. The number of hydrogen-bond donors (Lipinski definition) is 1. The highest BCUT2D eigenvalue weighted by atomic mass is 32.2. The molecular weight excluding hydrogens is 398 g/mol. The number of amides is 2. The van der Waals surface area contributed by atoms with E-state index in [2.05, 4.69) is 10.3 Å². The fourth-order valence-corrected chi connectivity index (χ4v) is 5.64. The number of hydrogen-bond acceptors (Lipinski definition) is 5. The molecule has 1 aromatic carbocycles. The maximum absolute atomic E-state index is 12.3. The molecule has 0 unspecified atom stereocenters. The summed E-state index contributed by atoms with van der Waals surface area (Å²) in [5.41, 5.74) is 0.955. The van der Waals surface area contributed by atoms with E-state index >= 15 is 0 Å². The van der Waals surface area contributed by atoms with Crippen molar-refractivity contribution in [2.45, 2.75) is 51.6 Å². The highest BCUT2D eigenvalue weighted by Crippen LogP contribution is 2.18. The Balaban J connectivity index is 1.68. The first-order valence-electron chi connectivity index (χ1n) is 9.53. The number of sulfone groups is 1. The van der Waals surface area contributed by atoms with E-state index in [4.69, 9.17) is 0 Å². The van der Waals surface area contributed by atoms with Crippen LogP contribution in [-0.4, -0.2) is 42.3 Å². The van der Waals surface area contributed by atoms with Crippen molar-refractivity contribution in [3.63, 3.8) is 0 Å². The van der Waals surface area contributed by atoms with Crippen molar-refractivity contribution in [1.29, 1.82) is 0 Å². The van der Waals surface area contributed by atoms with Crippen LogP contribution in [0.4, 0.5) is 0 Å². The average Bonchev–Trinajstić information content (AvgIpc) is 2.97. The summed E-state index contributed by atoms with van der Waals surface area (Å²) in [6.07, 6.45) is 4.99. The van der Waals surface area contributed by atoms with Crippen LogP contribution in [0.3, 0.4) is 0 Å². The van der Waals surface area contributed by atoms with Crippen molar-refractivity contribution in [2.24, 2.45) is 4.99 Å². The molecule has 1 aliphatic carbocycles. The van der Waals surface area contributed by atoms with E-state index in [1.165, 1.54) is 11.3 Å². The van der Waals surface area contributed by atoms with Gasteiger partial charge in [-0.05, 0) is 31.9 Å². The number of fused-ring (bicyclic) bond motifs is 1. The molecule has 2 aromatic rings. The lowest BCUT2D eigenvalue weighted by atomic mass is 9.95. The van der Waals surface area contributed by atoms with Crippen molar-refractivity contribution < 1.29 is 18.0 Å². The summed E-state index contributed by atoms with van der Waals surface area (Å²) in [4.78, 5) is 28.8. The molecule has 0 radical (unpaired) electrons. The number of thiazole rings is 1. The smallest absolute Gasteiger partial charge is 0.263 e. The van der Waals surface area contributed by atoms with Crippen molar-refractivity contribution in [3.8, 4) is 0 Å². The molecule has 1 N–H and O–H groups in total. The van der Waals surface area contributed by atoms with Gasteiger partial charge >= 0.3 is 0 Å². The number of benzene rings is 1. The highest BCUT2D eigenvalue weighted by Gasteiger charge is 2.23. The van der Waals surface area contributed by atoms with Crippen LogP contribution in [-0.2, 0) is 26.0 Å². The van der Waals surface area contributed by atoms with Gasteiger partial charge in [-0.25, -0.2) is 8.42 Å². The maximum atomic E-state index is 12.3. The first-order chi connectivity index (χ1) is 13.4. The van der Waals surface area contributed by atoms with Crippen LogP contribution in [0.15, 0.2) is 29.3 Å². The highest BCUT2D eigenvalue weighted by molar-refractivity contribution is 7.92. The van der Waals surface area contributed by atoms with Crippen LogP contribution in [0.1, 0.15) is 39.0 Å². The SMILES string of the molecule is CCn1c(=NC(=O)CS(=O)(=O)CC(=O)NC2CCCCC2)sc2ccccc21. The van der Waals surface area contributed by atoms with Gasteiger partial charge in [0.1, 0.15) is 11.5 Å². The predicted molar refractivity (Wildman–Crippen MR) is 110 cm³/mol. The molecule has 28 heavy (non-hydrogen) atoms. The molecule has 0 aliphatic heterocycles. The summed E-state index contributed by atoms with van der Waals surface area (Å²) >= 11 is 1.34. The third-order valence-corrected chi connectivity index (χ3v) is 7.24. The molecular formula is C19H25N3O4S2. The van der Waals surface area contributed by atoms with Gasteiger partial charge in [0.2, 0.25) is 5.91 Å². The molecule has 1 aliphatic rings. The molecule has 0 atom stereocenters. The first-order valence-corrected chi connectivity index (χ1v) is 12.2. The Morgan fingerprint density at radius 1 is 1.18 bits per heavy atom. The van der Waals surface area contributed by atoms with Gasteiger partial charge in [-0.3, -0.25) is 9.59 Å². The summed E-state index contributed by atoms with van der Waals surface area (Å²) < 4.78 is 27.4. The fraction of sp³-hybridized carbons (Fsp3) is 0.526. The first kappa shape index (κ1) is 20.7. The number of rotatable bonds is 6. The van der Waals surface area contributed by atoms with E-state index in [0.29, 0.717) is 11.3 Å². The minimum absolute atomic E-state index is 0.0406. The zero-order valence-corrected chi connectivity index (χ0v) is 17.5. The Morgan fingerprint density at radius 2 is 1.89 bits per heavy atom. The van der Waals surface area contributed by atoms with Gasteiger partial charge in [-0.15, -0.1) is 0 Å². The fourth-order valence-electron chi connectivity index (χ4n) is 3.51. The lowest BCUT2D eigenvalue weighted by Crippen LogP contribution is -2.40. The molecule has 1 fully saturated rings. The van der Waals surface area contributed by atoms with E-state index in [9.17, 15) is 18.0 Å². The second kappa shape index (κ2) is 9.00. The van der Waals surface area contributed by atoms with Gasteiger partial charge in [0, 0.05) is 12.6 Å². The number of nitrogens with zero attached hydrogens (tertiary/aromatic N) is 2. The summed E-state index contributed by atoms with van der Waals surface area (Å²) in [5.74, 6) is -2.72. The van der Waals surface area contributed by atoms with Crippen LogP contribution in [0, 0.1) is 0 Å². The van der Waals surface area contributed by atoms with Crippen molar-refractivity contribution in [2.75, 3.05) is 11.5 Å². The summed E-state index contributed by atoms with van der Waals surface area (Å²) in [6.45, 7) is 2.56. The number of carbonyl (C=O) groups excluding carboxylic acids is 2. The van der Waals surface area contributed by atoms with Gasteiger partial charge in [0.15, 0.2) is 14.6 Å². The quantitative estimate of drug-likeness (QED) is 0.768. The zero-order valence-electron chi connectivity index (χ0n) is 15.9. The largest absolute Gasteiger partial charge is 0.352 e. The molecule has 0 spiro atoms. The molecule has 1 heterocycles. The number of carbonyl (C=O) groups is 2. The lowest BCUT2D eigenvalue weighted by Gasteiger charge is -2.22. The third-order valence-electron chi connectivity index (χ3n) is 4.79. The number of para-hydroxylation sites is 1. The minimum Gasteiger partial charge on any atom is -0.352 e. The Bertz CT molecular complexity index is 1030. The van der Waals surface area contributed by atoms with Crippen molar-refractivity contribution in [3.05, 3.63) is 29.1 Å². The molecule has 0 saturated heterocycles. The van der Waals surface area contributed by atoms with Crippen molar-refractivity contribution in [1.82, 2.24) is 9.88 Å². The Hall–Kier alpha value is -2.00.